The third-order valence-corrected chi connectivity index (χ3v) is 1.68. The van der Waals surface area contributed by atoms with Crippen molar-refractivity contribution in [1.82, 2.24) is 0 Å². The van der Waals surface area contributed by atoms with Gasteiger partial charge in [0.25, 0.3) is 0 Å². The molecule has 12 heavy (non-hydrogen) atoms. The van der Waals surface area contributed by atoms with Crippen molar-refractivity contribution in [2.24, 2.45) is 0 Å². The molecule has 1 aromatic heterocycles. The van der Waals surface area contributed by atoms with Gasteiger partial charge >= 0.3 is 5.97 Å². The fourth-order valence-electron chi connectivity index (χ4n) is 0.922. The number of rotatable bonds is 2. The van der Waals surface area contributed by atoms with Crippen LogP contribution in [-0.2, 0) is 11.3 Å². The maximum atomic E-state index is 11.0. The summed E-state index contributed by atoms with van der Waals surface area (Å²) in [6.07, 6.45) is 3.71. The molecule has 0 aliphatic rings. The van der Waals surface area contributed by atoms with Gasteiger partial charge in [-0.2, -0.15) is 0 Å². The van der Waals surface area contributed by atoms with Gasteiger partial charge in [-0.05, 0) is 6.92 Å². The van der Waals surface area contributed by atoms with Gasteiger partial charge in [-0.3, -0.25) is 0 Å². The predicted molar refractivity (Wildman–Crippen MR) is 43.7 cm³/mol. The van der Waals surface area contributed by atoms with Gasteiger partial charge in [0, 0.05) is 12.1 Å². The zero-order valence-corrected chi connectivity index (χ0v) is 7.28. The topological polar surface area (TPSA) is 30.2 Å². The molecule has 1 heterocycles. The fourth-order valence-corrected chi connectivity index (χ4v) is 0.922. The lowest BCUT2D eigenvalue weighted by molar-refractivity contribution is -0.693. The van der Waals surface area contributed by atoms with E-state index in [0.717, 1.165) is 6.54 Å². The molecule has 0 saturated carbocycles. The van der Waals surface area contributed by atoms with Gasteiger partial charge in [0.15, 0.2) is 12.4 Å². The molecule has 1 rings (SSSR count). The lowest BCUT2D eigenvalue weighted by Crippen LogP contribution is -2.31. The average molecular weight is 166 g/mol. The van der Waals surface area contributed by atoms with E-state index in [2.05, 4.69) is 4.74 Å². The van der Waals surface area contributed by atoms with E-state index in [9.17, 15) is 4.79 Å². The number of pyridine rings is 1. The molecular weight excluding hydrogens is 154 g/mol. The molecule has 0 unspecified atom stereocenters. The van der Waals surface area contributed by atoms with Crippen LogP contribution in [0.25, 0.3) is 0 Å². The van der Waals surface area contributed by atoms with Crippen LogP contribution in [0.2, 0.25) is 0 Å². The lowest BCUT2D eigenvalue weighted by atomic mass is 10.3. The molecular formula is C9H12NO2+. The van der Waals surface area contributed by atoms with Gasteiger partial charge in [-0.15, -0.1) is 0 Å². The quantitative estimate of drug-likeness (QED) is 0.480. The van der Waals surface area contributed by atoms with E-state index in [4.69, 9.17) is 0 Å². The highest BCUT2D eigenvalue weighted by Gasteiger charge is 2.05. The molecule has 0 aliphatic carbocycles. The van der Waals surface area contributed by atoms with Crippen molar-refractivity contribution in [2.75, 3.05) is 7.11 Å². The van der Waals surface area contributed by atoms with Crippen molar-refractivity contribution in [2.45, 2.75) is 13.5 Å². The normalized spacial score (nSPS) is 9.50. The van der Waals surface area contributed by atoms with Crippen LogP contribution in [0.15, 0.2) is 24.5 Å². The Balaban J connectivity index is 2.84. The van der Waals surface area contributed by atoms with Crippen molar-refractivity contribution < 1.29 is 14.1 Å². The van der Waals surface area contributed by atoms with Crippen molar-refractivity contribution in [1.29, 1.82) is 0 Å². The smallest absolute Gasteiger partial charge is 0.338 e. The van der Waals surface area contributed by atoms with Crippen molar-refractivity contribution in [3.63, 3.8) is 0 Å². The third-order valence-electron chi connectivity index (χ3n) is 1.68. The van der Waals surface area contributed by atoms with Crippen LogP contribution in [0, 0.1) is 0 Å². The van der Waals surface area contributed by atoms with Crippen molar-refractivity contribution >= 4 is 5.97 Å². The number of carbonyl (C=O) groups excluding carboxylic acids is 1. The molecule has 3 heteroatoms. The van der Waals surface area contributed by atoms with E-state index < -0.39 is 0 Å². The van der Waals surface area contributed by atoms with E-state index in [-0.39, 0.29) is 5.97 Å². The minimum atomic E-state index is -0.293. The zero-order valence-electron chi connectivity index (χ0n) is 7.28. The van der Waals surface area contributed by atoms with Gasteiger partial charge in [0.05, 0.1) is 12.7 Å². The third kappa shape index (κ3) is 1.81. The van der Waals surface area contributed by atoms with Crippen LogP contribution in [-0.4, -0.2) is 13.1 Å². The molecule has 0 radical (unpaired) electrons. The van der Waals surface area contributed by atoms with Gasteiger partial charge < -0.3 is 4.74 Å². The summed E-state index contributed by atoms with van der Waals surface area (Å²) in [5.74, 6) is -0.293. The summed E-state index contributed by atoms with van der Waals surface area (Å²) in [4.78, 5) is 11.0. The Bertz CT molecular complexity index is 266. The van der Waals surface area contributed by atoms with Crippen LogP contribution in [0.5, 0.6) is 0 Å². The predicted octanol–water partition coefficient (Wildman–Crippen LogP) is 0.781. The second-order valence-electron chi connectivity index (χ2n) is 2.41. The summed E-state index contributed by atoms with van der Waals surface area (Å²) in [5.41, 5.74) is 0.585. The molecule has 1 aromatic rings. The Morgan fingerprint density at radius 2 is 2.08 bits per heavy atom. The molecule has 0 aromatic carbocycles. The van der Waals surface area contributed by atoms with Crippen LogP contribution in [0.3, 0.4) is 0 Å². The standard InChI is InChI=1S/C9H12NO2/c1-3-10-6-4-8(5-7-10)9(11)12-2/h4-7H,3H2,1-2H3/q+1. The summed E-state index contributed by atoms with van der Waals surface area (Å²) < 4.78 is 6.54. The van der Waals surface area contributed by atoms with E-state index in [1.54, 1.807) is 12.1 Å². The summed E-state index contributed by atoms with van der Waals surface area (Å²) >= 11 is 0. The number of aryl methyl sites for hydroxylation is 1. The SMILES string of the molecule is CC[n+]1ccc(C(=O)OC)cc1. The second kappa shape index (κ2) is 3.85. The molecule has 0 fully saturated rings. The molecule has 64 valence electrons. The highest BCUT2D eigenvalue weighted by molar-refractivity contribution is 5.88. The Kier molecular flexibility index (Phi) is 2.80. The summed E-state index contributed by atoms with van der Waals surface area (Å²) in [6, 6.07) is 3.49. The molecule has 0 amide bonds. The van der Waals surface area contributed by atoms with Crippen LogP contribution in [0.1, 0.15) is 17.3 Å². The van der Waals surface area contributed by atoms with Crippen molar-refractivity contribution in [3.8, 4) is 0 Å². The molecule has 0 N–H and O–H groups in total. The summed E-state index contributed by atoms with van der Waals surface area (Å²) in [6.45, 7) is 2.94. The van der Waals surface area contributed by atoms with Crippen LogP contribution < -0.4 is 4.57 Å². The highest BCUT2D eigenvalue weighted by atomic mass is 16.5. The van der Waals surface area contributed by atoms with Crippen LogP contribution in [0.4, 0.5) is 0 Å². The lowest BCUT2D eigenvalue weighted by Gasteiger charge is -1.96. The maximum Gasteiger partial charge on any atom is 0.338 e. The minimum Gasteiger partial charge on any atom is -0.465 e. The van der Waals surface area contributed by atoms with Gasteiger partial charge in [0.1, 0.15) is 6.54 Å². The Morgan fingerprint density at radius 3 is 2.50 bits per heavy atom. The number of hydrogen-bond acceptors (Lipinski definition) is 2. The molecule has 3 nitrogen and oxygen atoms in total. The van der Waals surface area contributed by atoms with E-state index >= 15 is 0 Å². The Labute approximate surface area is 71.6 Å². The monoisotopic (exact) mass is 166 g/mol. The van der Waals surface area contributed by atoms with Crippen LogP contribution >= 0.6 is 0 Å². The zero-order chi connectivity index (χ0) is 8.97. The number of nitrogens with zero attached hydrogens (tertiary/aromatic N) is 1. The maximum absolute atomic E-state index is 11.0. The van der Waals surface area contributed by atoms with E-state index in [1.807, 2.05) is 23.9 Å². The number of esters is 1. The number of methoxy groups -OCH3 is 1. The molecule has 0 saturated heterocycles. The minimum absolute atomic E-state index is 0.293. The highest BCUT2D eigenvalue weighted by Crippen LogP contribution is 1.96. The van der Waals surface area contributed by atoms with Gasteiger partial charge in [-0.25, -0.2) is 9.36 Å². The first-order chi connectivity index (χ1) is 5.77. The van der Waals surface area contributed by atoms with Crippen molar-refractivity contribution in [3.05, 3.63) is 30.1 Å². The molecule has 0 spiro atoms. The molecule has 0 atom stereocenters. The molecule has 0 bridgehead atoms. The first-order valence-corrected chi connectivity index (χ1v) is 3.85. The first-order valence-electron chi connectivity index (χ1n) is 3.85. The number of carbonyl (C=O) groups is 1. The fraction of sp³-hybridized carbons (Fsp3) is 0.333. The van der Waals surface area contributed by atoms with E-state index in [1.165, 1.54) is 7.11 Å². The number of aromatic nitrogens is 1. The Hall–Kier alpha value is -1.38. The Morgan fingerprint density at radius 1 is 1.50 bits per heavy atom. The largest absolute Gasteiger partial charge is 0.465 e. The average Bonchev–Trinajstić information content (AvgIpc) is 2.17. The van der Waals surface area contributed by atoms with Gasteiger partial charge in [-0.1, -0.05) is 0 Å². The second-order valence-corrected chi connectivity index (χ2v) is 2.41. The number of ether oxygens (including phenoxy) is 1. The molecule has 0 aliphatic heterocycles. The summed E-state index contributed by atoms with van der Waals surface area (Å²) in [7, 11) is 1.38. The summed E-state index contributed by atoms with van der Waals surface area (Å²) in [5, 5.41) is 0. The number of hydrogen-bond donors (Lipinski definition) is 0. The van der Waals surface area contributed by atoms with E-state index in [0.29, 0.717) is 5.56 Å². The van der Waals surface area contributed by atoms with Gasteiger partial charge in [0.2, 0.25) is 0 Å². The first kappa shape index (κ1) is 8.71.